The van der Waals surface area contributed by atoms with Gasteiger partial charge in [0.05, 0.1) is 6.04 Å². The van der Waals surface area contributed by atoms with Crippen LogP contribution in [0.15, 0.2) is 188 Å². The molecule has 0 radical (unpaired) electrons. The molecule has 0 saturated carbocycles. The lowest BCUT2D eigenvalue weighted by Gasteiger charge is -2.28. The van der Waals surface area contributed by atoms with Crippen molar-refractivity contribution in [2.24, 2.45) is 0 Å². The van der Waals surface area contributed by atoms with Crippen molar-refractivity contribution in [1.29, 1.82) is 0 Å². The number of benzene rings is 8. The number of aryl methyl sites for hydroxylation is 2. The van der Waals surface area contributed by atoms with E-state index in [2.05, 4.69) is 207 Å². The number of allylic oxidation sites excluding steroid dienone is 2. The molecule has 0 aromatic heterocycles. The molecule has 8 aromatic carbocycles. The molecule has 0 spiro atoms. The normalized spacial score (nSPS) is 15.9. The topological polar surface area (TPSA) is 3.24 Å². The summed E-state index contributed by atoms with van der Waals surface area (Å²) in [5.41, 5.74) is 16.5. The molecule has 1 heterocycles. The number of hydrogen-bond donors (Lipinski definition) is 0. The van der Waals surface area contributed by atoms with Gasteiger partial charge in [-0.05, 0) is 110 Å². The Morgan fingerprint density at radius 1 is 0.396 bits per heavy atom. The van der Waals surface area contributed by atoms with Crippen molar-refractivity contribution < 1.29 is 0 Å². The lowest BCUT2D eigenvalue weighted by Crippen LogP contribution is -2.28. The third-order valence-electron chi connectivity index (χ3n) is 11.3. The zero-order valence-corrected chi connectivity index (χ0v) is 30.0. The fraction of sp³-hybridized carbons (Fsp3) is 0.0769. The Morgan fingerprint density at radius 3 is 1.49 bits per heavy atom. The van der Waals surface area contributed by atoms with Gasteiger partial charge in [-0.1, -0.05) is 175 Å². The SMILES string of the molecule is Cc1ccc2c(-c3ccc(-c4ccc(-c5ccc6c(c5)C5C=CC=CC5N6c5ccccc5)cc4)cc3)c3cc(C)ccc3c(-c3ccccc3)c2c1. The van der Waals surface area contributed by atoms with Crippen LogP contribution in [-0.4, -0.2) is 6.04 Å². The Labute approximate surface area is 311 Å². The quantitative estimate of drug-likeness (QED) is 0.164. The zero-order valence-electron chi connectivity index (χ0n) is 30.0. The summed E-state index contributed by atoms with van der Waals surface area (Å²) in [7, 11) is 0. The molecule has 2 aliphatic rings. The Kier molecular flexibility index (Phi) is 7.47. The van der Waals surface area contributed by atoms with Gasteiger partial charge in [0.2, 0.25) is 0 Å². The molecule has 2 atom stereocenters. The molecule has 8 aromatic rings. The first-order valence-electron chi connectivity index (χ1n) is 18.7. The maximum atomic E-state index is 2.49. The second-order valence-electron chi connectivity index (χ2n) is 14.6. The van der Waals surface area contributed by atoms with E-state index in [0.29, 0.717) is 12.0 Å². The van der Waals surface area contributed by atoms with Gasteiger partial charge in [-0.15, -0.1) is 0 Å². The summed E-state index contributed by atoms with van der Waals surface area (Å²) in [5.74, 6) is 0.338. The van der Waals surface area contributed by atoms with Crippen molar-refractivity contribution in [2.75, 3.05) is 4.90 Å². The Morgan fingerprint density at radius 2 is 0.887 bits per heavy atom. The summed E-state index contributed by atoms with van der Waals surface area (Å²) in [6.45, 7) is 4.39. The number of rotatable bonds is 5. The predicted octanol–water partition coefficient (Wildman–Crippen LogP) is 14.0. The summed E-state index contributed by atoms with van der Waals surface area (Å²) in [4.78, 5) is 2.49. The first-order valence-corrected chi connectivity index (χ1v) is 18.7. The van der Waals surface area contributed by atoms with E-state index >= 15 is 0 Å². The molecule has 1 nitrogen and oxygen atoms in total. The minimum absolute atomic E-state index is 0.295. The van der Waals surface area contributed by atoms with Gasteiger partial charge >= 0.3 is 0 Å². The van der Waals surface area contributed by atoms with E-state index in [1.165, 1.54) is 94.1 Å². The molecule has 0 saturated heterocycles. The Hall–Kier alpha value is -6.44. The molecule has 53 heavy (non-hydrogen) atoms. The van der Waals surface area contributed by atoms with E-state index in [4.69, 9.17) is 0 Å². The summed E-state index contributed by atoms with van der Waals surface area (Å²) in [6, 6.07) is 61.1. The van der Waals surface area contributed by atoms with Gasteiger partial charge in [-0.2, -0.15) is 0 Å². The van der Waals surface area contributed by atoms with E-state index in [-0.39, 0.29) is 0 Å². The molecule has 0 N–H and O–H groups in total. The predicted molar refractivity (Wildman–Crippen MR) is 226 cm³/mol. The molecule has 0 bridgehead atoms. The molecule has 10 rings (SSSR count). The molecule has 252 valence electrons. The molecular weight excluding hydrogens is 639 g/mol. The van der Waals surface area contributed by atoms with Crippen molar-refractivity contribution in [1.82, 2.24) is 0 Å². The summed E-state index contributed by atoms with van der Waals surface area (Å²) >= 11 is 0. The highest BCUT2D eigenvalue weighted by atomic mass is 15.2. The van der Waals surface area contributed by atoms with Crippen molar-refractivity contribution in [3.8, 4) is 44.5 Å². The highest BCUT2D eigenvalue weighted by molar-refractivity contribution is 6.21. The van der Waals surface area contributed by atoms with Crippen LogP contribution in [-0.2, 0) is 0 Å². The summed E-state index contributed by atoms with van der Waals surface area (Å²) < 4.78 is 0. The fourth-order valence-corrected chi connectivity index (χ4v) is 8.78. The van der Waals surface area contributed by atoms with Crippen LogP contribution in [0.3, 0.4) is 0 Å². The minimum atomic E-state index is 0.295. The largest absolute Gasteiger partial charge is 0.333 e. The zero-order chi connectivity index (χ0) is 35.5. The van der Waals surface area contributed by atoms with E-state index in [1.54, 1.807) is 0 Å². The number of para-hydroxylation sites is 1. The molecular formula is C52H39N. The first-order chi connectivity index (χ1) is 26.1. The fourth-order valence-electron chi connectivity index (χ4n) is 8.78. The van der Waals surface area contributed by atoms with Crippen LogP contribution >= 0.6 is 0 Å². The van der Waals surface area contributed by atoms with Crippen molar-refractivity contribution in [3.05, 3.63) is 205 Å². The van der Waals surface area contributed by atoms with Crippen LogP contribution in [0.1, 0.15) is 22.6 Å². The Bertz CT molecular complexity index is 2720. The van der Waals surface area contributed by atoms with E-state index in [1.807, 2.05) is 0 Å². The maximum Gasteiger partial charge on any atom is 0.0629 e. The average molecular weight is 678 g/mol. The van der Waals surface area contributed by atoms with Crippen LogP contribution in [0, 0.1) is 13.8 Å². The molecule has 0 fully saturated rings. The lowest BCUT2D eigenvalue weighted by molar-refractivity contribution is 0.745. The van der Waals surface area contributed by atoms with Crippen LogP contribution in [0.25, 0.3) is 66.1 Å². The maximum absolute atomic E-state index is 2.49. The molecule has 1 aliphatic carbocycles. The van der Waals surface area contributed by atoms with Gasteiger partial charge in [0.25, 0.3) is 0 Å². The minimum Gasteiger partial charge on any atom is -0.333 e. The van der Waals surface area contributed by atoms with Gasteiger partial charge in [-0.25, -0.2) is 0 Å². The molecule has 1 heteroatoms. The monoisotopic (exact) mass is 677 g/mol. The molecule has 0 amide bonds. The highest BCUT2D eigenvalue weighted by Gasteiger charge is 2.37. The van der Waals surface area contributed by atoms with Crippen LogP contribution in [0.5, 0.6) is 0 Å². The second-order valence-corrected chi connectivity index (χ2v) is 14.6. The van der Waals surface area contributed by atoms with Gasteiger partial charge in [0.15, 0.2) is 0 Å². The summed E-state index contributed by atoms with van der Waals surface area (Å²) in [5, 5.41) is 5.18. The van der Waals surface area contributed by atoms with Crippen LogP contribution in [0.4, 0.5) is 11.4 Å². The van der Waals surface area contributed by atoms with E-state index < -0.39 is 0 Å². The Balaban J connectivity index is 1.00. The van der Waals surface area contributed by atoms with Crippen LogP contribution < -0.4 is 4.90 Å². The van der Waals surface area contributed by atoms with Gasteiger partial charge in [0.1, 0.15) is 0 Å². The van der Waals surface area contributed by atoms with Gasteiger partial charge < -0.3 is 4.90 Å². The van der Waals surface area contributed by atoms with Crippen molar-refractivity contribution >= 4 is 32.9 Å². The van der Waals surface area contributed by atoms with E-state index in [0.717, 1.165) is 0 Å². The standard InChI is InChI=1S/C52H39N/c1-34-18-29-45-47(31-34)51(39-11-5-3-6-12-39)44-28-17-35(2)32-48(44)52(45)40-25-23-37(24-26-40)36-19-21-38(22-20-36)41-27-30-50-46(33-41)43-15-9-10-16-49(43)53(50)42-13-7-4-8-14-42/h3-33,43,49H,1-2H3. The van der Waals surface area contributed by atoms with E-state index in [9.17, 15) is 0 Å². The first kappa shape index (κ1) is 31.3. The number of fused-ring (bicyclic) bond motifs is 5. The third kappa shape index (κ3) is 5.31. The number of nitrogens with zero attached hydrogens (tertiary/aromatic N) is 1. The smallest absolute Gasteiger partial charge is 0.0629 e. The van der Waals surface area contributed by atoms with Crippen molar-refractivity contribution in [2.45, 2.75) is 25.8 Å². The lowest BCUT2D eigenvalue weighted by atomic mass is 9.84. The van der Waals surface area contributed by atoms with Crippen molar-refractivity contribution in [3.63, 3.8) is 0 Å². The molecule has 2 unspecified atom stereocenters. The van der Waals surface area contributed by atoms with Gasteiger partial charge in [0, 0.05) is 17.3 Å². The number of hydrogen-bond acceptors (Lipinski definition) is 1. The highest BCUT2D eigenvalue weighted by Crippen LogP contribution is 2.49. The molecule has 1 aliphatic heterocycles. The second kappa shape index (κ2) is 12.7. The average Bonchev–Trinajstić information content (AvgIpc) is 3.54. The summed E-state index contributed by atoms with van der Waals surface area (Å²) in [6.07, 6.45) is 9.07. The third-order valence-corrected chi connectivity index (χ3v) is 11.3. The van der Waals surface area contributed by atoms with Crippen LogP contribution in [0.2, 0.25) is 0 Å². The van der Waals surface area contributed by atoms with Gasteiger partial charge in [-0.3, -0.25) is 0 Å². The number of anilines is 2.